The number of benzene rings is 2. The summed E-state index contributed by atoms with van der Waals surface area (Å²) in [6, 6.07) is 14.7. The van der Waals surface area contributed by atoms with Crippen LogP contribution in [0.2, 0.25) is 0 Å². The molecule has 2 N–H and O–H groups in total. The molecule has 0 heterocycles. The van der Waals surface area contributed by atoms with E-state index in [0.717, 1.165) is 14.0 Å². The second kappa shape index (κ2) is 7.85. The predicted molar refractivity (Wildman–Crippen MR) is 94.4 cm³/mol. The number of thioether (sulfide) groups is 1. The van der Waals surface area contributed by atoms with Crippen LogP contribution in [0.5, 0.6) is 5.75 Å². The van der Waals surface area contributed by atoms with Crippen LogP contribution in [0.4, 0.5) is 0 Å². The van der Waals surface area contributed by atoms with Gasteiger partial charge in [-0.25, -0.2) is 4.79 Å². The quantitative estimate of drug-likeness (QED) is 0.542. The summed E-state index contributed by atoms with van der Waals surface area (Å²) in [6.07, 6.45) is -1.49. The summed E-state index contributed by atoms with van der Waals surface area (Å²) >= 11 is 3.53. The fraction of sp³-hybridized carbons (Fsp3) is 0.188. The Morgan fingerprint density at radius 3 is 2.36 bits per heavy atom. The van der Waals surface area contributed by atoms with Crippen molar-refractivity contribution in [1.82, 2.24) is 0 Å². The van der Waals surface area contributed by atoms with E-state index in [1.165, 1.54) is 11.8 Å². The van der Waals surface area contributed by atoms with Gasteiger partial charge in [-0.15, -0.1) is 11.8 Å². The molecule has 22 heavy (non-hydrogen) atoms. The SMILES string of the molecule is COc1ccc(C(Sc2ccccc2I)C(O)C(=O)O)cc1. The number of hydrogen-bond donors (Lipinski definition) is 2. The van der Waals surface area contributed by atoms with Crippen LogP contribution in [-0.4, -0.2) is 29.4 Å². The van der Waals surface area contributed by atoms with Gasteiger partial charge in [0, 0.05) is 8.47 Å². The maximum absolute atomic E-state index is 11.2. The summed E-state index contributed by atoms with van der Waals surface area (Å²) < 4.78 is 6.12. The number of halogens is 1. The third kappa shape index (κ3) is 4.15. The number of ether oxygens (including phenoxy) is 1. The molecule has 2 aromatic rings. The second-order valence-electron chi connectivity index (χ2n) is 4.53. The summed E-state index contributed by atoms with van der Waals surface area (Å²) in [5.41, 5.74) is 0.736. The van der Waals surface area contributed by atoms with Crippen molar-refractivity contribution in [1.29, 1.82) is 0 Å². The van der Waals surface area contributed by atoms with Crippen LogP contribution in [0.1, 0.15) is 10.8 Å². The van der Waals surface area contributed by atoms with Crippen molar-refractivity contribution in [2.45, 2.75) is 16.2 Å². The second-order valence-corrected chi connectivity index (χ2v) is 6.87. The van der Waals surface area contributed by atoms with Gasteiger partial charge in [-0.1, -0.05) is 24.3 Å². The molecular formula is C16H15IO4S. The summed E-state index contributed by atoms with van der Waals surface area (Å²) in [5.74, 6) is -0.550. The first-order chi connectivity index (χ1) is 10.5. The smallest absolute Gasteiger partial charge is 0.334 e. The molecule has 0 aliphatic heterocycles. The van der Waals surface area contributed by atoms with E-state index < -0.39 is 17.3 Å². The van der Waals surface area contributed by atoms with Crippen molar-refractivity contribution in [2.75, 3.05) is 7.11 Å². The highest BCUT2D eigenvalue weighted by Gasteiger charge is 2.28. The number of aliphatic hydroxyl groups excluding tert-OH is 1. The Morgan fingerprint density at radius 2 is 1.82 bits per heavy atom. The van der Waals surface area contributed by atoms with Crippen LogP contribution >= 0.6 is 34.4 Å². The van der Waals surface area contributed by atoms with E-state index in [4.69, 9.17) is 4.74 Å². The zero-order valence-electron chi connectivity index (χ0n) is 11.8. The molecule has 0 aliphatic carbocycles. The van der Waals surface area contributed by atoms with Crippen molar-refractivity contribution < 1.29 is 19.7 Å². The zero-order chi connectivity index (χ0) is 16.1. The lowest BCUT2D eigenvalue weighted by Crippen LogP contribution is -2.25. The van der Waals surface area contributed by atoms with Crippen molar-refractivity contribution >= 4 is 40.3 Å². The molecule has 2 aromatic carbocycles. The number of carboxylic acids is 1. The molecule has 0 aromatic heterocycles. The van der Waals surface area contributed by atoms with E-state index in [2.05, 4.69) is 22.6 Å². The van der Waals surface area contributed by atoms with Crippen molar-refractivity contribution in [3.63, 3.8) is 0 Å². The lowest BCUT2D eigenvalue weighted by Gasteiger charge is -2.21. The Balaban J connectivity index is 2.33. The largest absolute Gasteiger partial charge is 0.497 e. The molecule has 0 saturated heterocycles. The van der Waals surface area contributed by atoms with E-state index in [9.17, 15) is 15.0 Å². The molecule has 0 radical (unpaired) electrons. The predicted octanol–water partition coefficient (Wildman–Crippen LogP) is 3.58. The summed E-state index contributed by atoms with van der Waals surface area (Å²) in [4.78, 5) is 12.2. The Labute approximate surface area is 146 Å². The number of methoxy groups -OCH3 is 1. The molecule has 6 heteroatoms. The van der Waals surface area contributed by atoms with Crippen LogP contribution in [0.3, 0.4) is 0 Å². The number of carboxylic acid groups (broad SMARTS) is 1. The van der Waals surface area contributed by atoms with E-state index in [1.807, 2.05) is 24.3 Å². The Hall–Kier alpha value is -1.25. The molecule has 2 rings (SSSR count). The highest BCUT2D eigenvalue weighted by molar-refractivity contribution is 14.1. The lowest BCUT2D eigenvalue weighted by molar-refractivity contribution is -0.146. The minimum absolute atomic E-state index is 0.598. The molecule has 0 bridgehead atoms. The number of carbonyl (C=O) groups is 1. The van der Waals surface area contributed by atoms with Gasteiger partial charge in [-0.3, -0.25) is 0 Å². The molecule has 116 valence electrons. The highest BCUT2D eigenvalue weighted by atomic mass is 127. The highest BCUT2D eigenvalue weighted by Crippen LogP contribution is 2.40. The molecule has 0 aliphatic rings. The van der Waals surface area contributed by atoms with Crippen molar-refractivity contribution in [3.05, 3.63) is 57.7 Å². The Bertz CT molecular complexity index is 645. The first-order valence-corrected chi connectivity index (χ1v) is 8.44. The fourth-order valence-corrected chi connectivity index (χ4v) is 3.83. The molecule has 2 atom stereocenters. The van der Waals surface area contributed by atoms with Gasteiger partial charge in [0.05, 0.1) is 12.4 Å². The maximum Gasteiger partial charge on any atom is 0.334 e. The summed E-state index contributed by atoms with van der Waals surface area (Å²) in [6.45, 7) is 0. The number of hydrogen-bond acceptors (Lipinski definition) is 4. The van der Waals surface area contributed by atoms with Crippen LogP contribution in [-0.2, 0) is 4.79 Å². The standard InChI is InChI=1S/C16H15IO4S/c1-21-11-8-6-10(7-9-11)15(14(18)16(19)20)22-13-5-3-2-4-12(13)17/h2-9,14-15,18H,1H3,(H,19,20). The first-order valence-electron chi connectivity index (χ1n) is 6.49. The molecular weight excluding hydrogens is 415 g/mol. The van der Waals surface area contributed by atoms with Crippen LogP contribution in [0, 0.1) is 3.57 Å². The summed E-state index contributed by atoms with van der Waals surface area (Å²) in [7, 11) is 1.57. The van der Waals surface area contributed by atoms with Gasteiger partial charge in [0.1, 0.15) is 5.75 Å². The van der Waals surface area contributed by atoms with Gasteiger partial charge < -0.3 is 14.9 Å². The minimum Gasteiger partial charge on any atom is -0.497 e. The Morgan fingerprint density at radius 1 is 1.18 bits per heavy atom. The van der Waals surface area contributed by atoms with Gasteiger partial charge in [-0.2, -0.15) is 0 Å². The third-order valence-corrected chi connectivity index (χ3v) is 5.78. The number of rotatable bonds is 6. The molecule has 0 amide bonds. The maximum atomic E-state index is 11.2. The Kier molecular flexibility index (Phi) is 6.10. The third-order valence-electron chi connectivity index (χ3n) is 3.07. The van der Waals surface area contributed by atoms with E-state index in [0.29, 0.717) is 5.75 Å². The molecule has 0 saturated carbocycles. The normalized spacial score (nSPS) is 13.4. The van der Waals surface area contributed by atoms with Crippen LogP contribution in [0.25, 0.3) is 0 Å². The molecule has 0 spiro atoms. The molecule has 0 fully saturated rings. The van der Waals surface area contributed by atoms with E-state index in [-0.39, 0.29) is 0 Å². The van der Waals surface area contributed by atoms with E-state index >= 15 is 0 Å². The van der Waals surface area contributed by atoms with Crippen molar-refractivity contribution in [2.24, 2.45) is 0 Å². The van der Waals surface area contributed by atoms with Crippen molar-refractivity contribution in [3.8, 4) is 5.75 Å². The average Bonchev–Trinajstić information content (AvgIpc) is 2.53. The molecule has 4 nitrogen and oxygen atoms in total. The number of aliphatic hydroxyl groups is 1. The first kappa shape index (κ1) is 17.1. The molecule has 2 unspecified atom stereocenters. The van der Waals surface area contributed by atoms with Gasteiger partial charge in [-0.05, 0) is 52.4 Å². The van der Waals surface area contributed by atoms with Crippen LogP contribution in [0.15, 0.2) is 53.4 Å². The topological polar surface area (TPSA) is 66.8 Å². The van der Waals surface area contributed by atoms with Gasteiger partial charge in [0.25, 0.3) is 0 Å². The van der Waals surface area contributed by atoms with E-state index in [1.54, 1.807) is 31.4 Å². The number of aliphatic carboxylic acids is 1. The van der Waals surface area contributed by atoms with Gasteiger partial charge >= 0.3 is 5.97 Å². The minimum atomic E-state index is -1.49. The lowest BCUT2D eigenvalue weighted by atomic mass is 10.1. The van der Waals surface area contributed by atoms with Gasteiger partial charge in [0.15, 0.2) is 6.10 Å². The van der Waals surface area contributed by atoms with Crippen LogP contribution < -0.4 is 4.74 Å². The average molecular weight is 430 g/mol. The monoisotopic (exact) mass is 430 g/mol. The summed E-state index contributed by atoms with van der Waals surface area (Å²) in [5, 5.41) is 18.6. The fourth-order valence-electron chi connectivity index (χ4n) is 1.91. The van der Waals surface area contributed by atoms with Gasteiger partial charge in [0.2, 0.25) is 0 Å². The zero-order valence-corrected chi connectivity index (χ0v) is 14.7.